The van der Waals surface area contributed by atoms with E-state index in [-0.39, 0.29) is 18.5 Å². The minimum absolute atomic E-state index is 0.137. The zero-order chi connectivity index (χ0) is 31.4. The van der Waals surface area contributed by atoms with Crippen LogP contribution in [-0.2, 0) is 19.2 Å². The van der Waals surface area contributed by atoms with Gasteiger partial charge in [0.25, 0.3) is 5.91 Å². The number of hydrogen-bond acceptors (Lipinski definition) is 6. The lowest BCUT2D eigenvalue weighted by molar-refractivity contribution is -0.142. The van der Waals surface area contributed by atoms with Crippen molar-refractivity contribution in [2.45, 2.75) is 91.4 Å². The first-order valence-electron chi connectivity index (χ1n) is 14.7. The molecule has 13 heteroatoms. The number of primary amides is 1. The second-order valence-corrected chi connectivity index (χ2v) is 13.7. The quantitative estimate of drug-likeness (QED) is 0.174. The van der Waals surface area contributed by atoms with Gasteiger partial charge in [-0.3, -0.25) is 19.2 Å². The molecule has 3 aliphatic rings. The molecule has 2 heterocycles. The fourth-order valence-corrected chi connectivity index (χ4v) is 5.08. The number of ketones is 1. The topological polar surface area (TPSA) is 183 Å². The van der Waals surface area contributed by atoms with E-state index in [4.69, 9.17) is 5.73 Å². The van der Waals surface area contributed by atoms with E-state index in [0.29, 0.717) is 26.1 Å². The molecule has 1 unspecified atom stereocenters. The van der Waals surface area contributed by atoms with E-state index in [1.165, 1.54) is 4.90 Å². The van der Waals surface area contributed by atoms with Gasteiger partial charge in [0, 0.05) is 26.2 Å². The summed E-state index contributed by atoms with van der Waals surface area (Å²) in [5.74, 6) is -2.80. The first-order valence-corrected chi connectivity index (χ1v) is 14.7. The van der Waals surface area contributed by atoms with Crippen LogP contribution in [0.1, 0.15) is 67.2 Å². The second-order valence-electron chi connectivity index (χ2n) is 13.7. The van der Waals surface area contributed by atoms with Gasteiger partial charge >= 0.3 is 12.1 Å². The van der Waals surface area contributed by atoms with Gasteiger partial charge in [-0.05, 0) is 29.6 Å². The normalized spacial score (nSPS) is 21.2. The molecular formula is C29H47N7O6. The van der Waals surface area contributed by atoms with Crippen LogP contribution < -0.4 is 27.0 Å². The Labute approximate surface area is 247 Å². The molecule has 2 fully saturated rings. The molecule has 1 saturated heterocycles. The summed E-state index contributed by atoms with van der Waals surface area (Å²) in [5.41, 5.74) is 4.09. The Bertz CT molecular complexity index is 1100. The fraction of sp³-hybridized carbons (Fsp3) is 0.724. The molecule has 42 heavy (non-hydrogen) atoms. The highest BCUT2D eigenvalue weighted by atomic mass is 16.2. The van der Waals surface area contributed by atoms with Crippen LogP contribution in [0, 0.1) is 16.7 Å². The Morgan fingerprint density at radius 1 is 1.02 bits per heavy atom. The van der Waals surface area contributed by atoms with Crippen molar-refractivity contribution in [2.24, 2.45) is 22.5 Å². The summed E-state index contributed by atoms with van der Waals surface area (Å²) in [5, 5.41) is 11.2. The molecule has 0 spiro atoms. The van der Waals surface area contributed by atoms with Crippen LogP contribution in [0.25, 0.3) is 0 Å². The van der Waals surface area contributed by atoms with Gasteiger partial charge in [-0.1, -0.05) is 66.5 Å². The predicted molar refractivity (Wildman–Crippen MR) is 156 cm³/mol. The van der Waals surface area contributed by atoms with E-state index in [9.17, 15) is 28.8 Å². The number of nitrogens with zero attached hydrogens (tertiary/aromatic N) is 2. The second kappa shape index (κ2) is 13.1. The first kappa shape index (κ1) is 32.9. The van der Waals surface area contributed by atoms with Gasteiger partial charge in [0.1, 0.15) is 12.1 Å². The highest BCUT2D eigenvalue weighted by Crippen LogP contribution is 2.34. The molecule has 0 aromatic carbocycles. The molecule has 234 valence electrons. The highest BCUT2D eigenvalue weighted by Gasteiger charge is 2.42. The van der Waals surface area contributed by atoms with Gasteiger partial charge < -0.3 is 36.8 Å². The van der Waals surface area contributed by atoms with Crippen LogP contribution in [0.4, 0.5) is 9.59 Å². The number of rotatable bonds is 11. The maximum absolute atomic E-state index is 13.9. The number of nitrogens with two attached hydrogens (primary N) is 1. The van der Waals surface area contributed by atoms with E-state index >= 15 is 0 Å². The highest BCUT2D eigenvalue weighted by molar-refractivity contribution is 6.37. The summed E-state index contributed by atoms with van der Waals surface area (Å²) in [7, 11) is 0. The summed E-state index contributed by atoms with van der Waals surface area (Å²) < 4.78 is 0. The molecule has 13 nitrogen and oxygen atoms in total. The zero-order valence-electron chi connectivity index (χ0n) is 25.6. The monoisotopic (exact) mass is 589 g/mol. The number of carbonyl (C=O) groups is 6. The third-order valence-corrected chi connectivity index (χ3v) is 7.96. The maximum atomic E-state index is 13.9. The van der Waals surface area contributed by atoms with Gasteiger partial charge in [-0.25, -0.2) is 9.59 Å². The van der Waals surface area contributed by atoms with Gasteiger partial charge in [0.2, 0.25) is 17.6 Å². The first-order chi connectivity index (χ1) is 19.5. The summed E-state index contributed by atoms with van der Waals surface area (Å²) >= 11 is 0. The van der Waals surface area contributed by atoms with E-state index in [2.05, 4.69) is 21.3 Å². The third-order valence-electron chi connectivity index (χ3n) is 7.96. The summed E-state index contributed by atoms with van der Waals surface area (Å²) in [6.45, 7) is 13.0. The number of urea groups is 2. The molecule has 2 aliphatic heterocycles. The van der Waals surface area contributed by atoms with Crippen molar-refractivity contribution in [1.29, 1.82) is 0 Å². The number of amides is 7. The molecular weight excluding hydrogens is 542 g/mol. The van der Waals surface area contributed by atoms with Crippen molar-refractivity contribution < 1.29 is 28.8 Å². The Kier molecular flexibility index (Phi) is 10.3. The Morgan fingerprint density at radius 3 is 2.24 bits per heavy atom. The smallest absolute Gasteiger partial charge is 0.317 e. The lowest BCUT2D eigenvalue weighted by Gasteiger charge is -2.39. The Morgan fingerprint density at radius 2 is 1.69 bits per heavy atom. The molecule has 0 bridgehead atoms. The van der Waals surface area contributed by atoms with Crippen molar-refractivity contribution in [3.05, 3.63) is 12.2 Å². The number of hydrogen-bond donors (Lipinski definition) is 5. The lowest BCUT2D eigenvalue weighted by Crippen LogP contribution is -2.62. The largest absolute Gasteiger partial charge is 0.363 e. The lowest BCUT2D eigenvalue weighted by atomic mass is 9.85. The number of carbonyl (C=O) groups excluding carboxylic acids is 6. The van der Waals surface area contributed by atoms with Crippen molar-refractivity contribution in [3.8, 4) is 0 Å². The van der Waals surface area contributed by atoms with Crippen molar-refractivity contribution in [2.75, 3.05) is 26.2 Å². The molecule has 1 aliphatic carbocycles. The van der Waals surface area contributed by atoms with Crippen molar-refractivity contribution in [1.82, 2.24) is 31.1 Å². The SMILES string of the molecule is CC(C)(C)[C@H](NC(=O)N[C@H](CN1CCCNC1=O)C(C)(C)C)C(=O)N1CC=C[C@H]1C(=O)NC(CC1CC1)C(=O)C(N)=O. The van der Waals surface area contributed by atoms with Gasteiger partial charge in [0.05, 0.1) is 12.1 Å². The zero-order valence-corrected chi connectivity index (χ0v) is 25.6. The molecule has 7 amide bonds. The number of nitrogens with one attached hydrogen (secondary N) is 4. The molecule has 3 rings (SSSR count). The maximum Gasteiger partial charge on any atom is 0.317 e. The van der Waals surface area contributed by atoms with Gasteiger partial charge in [-0.2, -0.15) is 0 Å². The minimum atomic E-state index is -1.12. The van der Waals surface area contributed by atoms with Crippen LogP contribution in [0.5, 0.6) is 0 Å². The summed E-state index contributed by atoms with van der Waals surface area (Å²) in [6, 6.07) is -4.22. The number of Topliss-reactive ketones (excluding diaryl/α,β-unsaturated/α-hetero) is 1. The molecule has 0 aromatic heterocycles. The van der Waals surface area contributed by atoms with Crippen LogP contribution >= 0.6 is 0 Å². The van der Waals surface area contributed by atoms with Crippen molar-refractivity contribution in [3.63, 3.8) is 0 Å². The Balaban J connectivity index is 1.71. The third kappa shape index (κ3) is 8.68. The molecule has 0 aromatic rings. The van der Waals surface area contributed by atoms with Crippen LogP contribution in [0.15, 0.2) is 12.2 Å². The van der Waals surface area contributed by atoms with E-state index in [1.807, 2.05) is 41.5 Å². The molecule has 1 saturated carbocycles. The molecule has 0 radical (unpaired) electrons. The van der Waals surface area contributed by atoms with Gasteiger partial charge in [0.15, 0.2) is 0 Å². The predicted octanol–water partition coefficient (Wildman–Crippen LogP) is 0.637. The van der Waals surface area contributed by atoms with Gasteiger partial charge in [-0.15, -0.1) is 0 Å². The fourth-order valence-electron chi connectivity index (χ4n) is 5.08. The minimum Gasteiger partial charge on any atom is -0.363 e. The average molecular weight is 590 g/mol. The standard InChI is InChI=1S/C29H47N7O6/c1-28(2,3)20(16-35-13-8-12-31-27(35)42)33-26(41)34-22(29(4,5)6)25(40)36-14-7-9-19(36)24(39)32-18(15-17-10-11-17)21(37)23(30)38/h7,9,17-20,22H,8,10-16H2,1-6H3,(H2,30,38)(H,31,42)(H,32,39)(H2,33,34,41)/t18?,19-,20+,22+/m0/s1. The van der Waals surface area contributed by atoms with Crippen LogP contribution in [-0.4, -0.2) is 95.7 Å². The van der Waals surface area contributed by atoms with E-state index in [1.54, 1.807) is 17.1 Å². The van der Waals surface area contributed by atoms with E-state index in [0.717, 1.165) is 19.3 Å². The van der Waals surface area contributed by atoms with E-state index < -0.39 is 64.5 Å². The Hall–Kier alpha value is -3.64. The van der Waals surface area contributed by atoms with Crippen LogP contribution in [0.3, 0.4) is 0 Å². The summed E-state index contributed by atoms with van der Waals surface area (Å²) in [4.78, 5) is 79.7. The molecule has 4 atom stereocenters. The van der Waals surface area contributed by atoms with Crippen molar-refractivity contribution >= 4 is 35.6 Å². The molecule has 6 N–H and O–H groups in total. The average Bonchev–Trinajstić information content (AvgIpc) is 3.56. The van der Waals surface area contributed by atoms with Crippen LogP contribution in [0.2, 0.25) is 0 Å². The summed E-state index contributed by atoms with van der Waals surface area (Å²) in [6.07, 6.45) is 6.19.